The Morgan fingerprint density at radius 1 is 1.35 bits per heavy atom. The maximum absolute atomic E-state index is 12.7. The molecular formula is C16H17ClN2O. The van der Waals surface area contributed by atoms with Gasteiger partial charge < -0.3 is 4.90 Å². The number of fused-ring (bicyclic) bond motifs is 1. The fourth-order valence-electron chi connectivity index (χ4n) is 2.89. The van der Waals surface area contributed by atoms with Crippen molar-refractivity contribution in [2.75, 3.05) is 6.54 Å². The van der Waals surface area contributed by atoms with Gasteiger partial charge in [0.25, 0.3) is 5.91 Å². The first-order valence-electron chi connectivity index (χ1n) is 6.86. The lowest BCUT2D eigenvalue weighted by atomic mass is 10.0. The SMILES string of the molecule is CC1(C)CCCN1C(=O)c1cc2ccccc2c(Cl)n1. The first-order valence-corrected chi connectivity index (χ1v) is 7.24. The van der Waals surface area contributed by atoms with E-state index in [0.29, 0.717) is 10.8 Å². The zero-order valence-electron chi connectivity index (χ0n) is 11.7. The molecule has 0 saturated carbocycles. The second-order valence-electron chi connectivity index (χ2n) is 5.89. The van der Waals surface area contributed by atoms with E-state index in [1.54, 1.807) is 0 Å². The standard InChI is InChI=1S/C16H17ClN2O/c1-16(2)8-5-9-19(16)15(20)13-10-11-6-3-4-7-12(11)14(17)18-13/h3-4,6-7,10H,5,8-9H2,1-2H3. The summed E-state index contributed by atoms with van der Waals surface area (Å²) < 4.78 is 0. The number of amides is 1. The summed E-state index contributed by atoms with van der Waals surface area (Å²) in [5.74, 6) is -0.0276. The van der Waals surface area contributed by atoms with Gasteiger partial charge in [-0.15, -0.1) is 0 Å². The zero-order chi connectivity index (χ0) is 14.3. The number of carbonyl (C=O) groups is 1. The second kappa shape index (κ2) is 4.74. The van der Waals surface area contributed by atoms with Crippen molar-refractivity contribution in [3.8, 4) is 0 Å². The van der Waals surface area contributed by atoms with Crippen molar-refractivity contribution in [3.05, 3.63) is 41.2 Å². The minimum Gasteiger partial charge on any atom is -0.332 e. The molecule has 2 aromatic rings. The number of rotatable bonds is 1. The zero-order valence-corrected chi connectivity index (χ0v) is 12.4. The molecule has 0 radical (unpaired) electrons. The van der Waals surface area contributed by atoms with Gasteiger partial charge in [0.2, 0.25) is 0 Å². The molecule has 0 atom stereocenters. The van der Waals surface area contributed by atoms with Gasteiger partial charge >= 0.3 is 0 Å². The molecule has 2 heterocycles. The lowest BCUT2D eigenvalue weighted by Gasteiger charge is -2.31. The van der Waals surface area contributed by atoms with Crippen LogP contribution < -0.4 is 0 Å². The molecule has 1 aliphatic heterocycles. The van der Waals surface area contributed by atoms with Crippen molar-refractivity contribution in [2.24, 2.45) is 0 Å². The number of benzene rings is 1. The molecule has 1 saturated heterocycles. The minimum absolute atomic E-state index is 0.0276. The van der Waals surface area contributed by atoms with Crippen molar-refractivity contribution in [2.45, 2.75) is 32.2 Å². The maximum atomic E-state index is 12.7. The Morgan fingerprint density at radius 2 is 2.10 bits per heavy atom. The van der Waals surface area contributed by atoms with E-state index in [1.807, 2.05) is 35.2 Å². The normalized spacial score (nSPS) is 17.6. The number of carbonyl (C=O) groups excluding carboxylic acids is 1. The van der Waals surface area contributed by atoms with E-state index in [4.69, 9.17) is 11.6 Å². The van der Waals surface area contributed by atoms with E-state index in [1.165, 1.54) is 0 Å². The first-order chi connectivity index (χ1) is 9.49. The topological polar surface area (TPSA) is 33.2 Å². The Labute approximate surface area is 123 Å². The molecule has 1 fully saturated rings. The van der Waals surface area contributed by atoms with Gasteiger partial charge in [-0.3, -0.25) is 4.79 Å². The van der Waals surface area contributed by atoms with E-state index in [2.05, 4.69) is 18.8 Å². The first kappa shape index (κ1) is 13.4. The fourth-order valence-corrected chi connectivity index (χ4v) is 3.15. The van der Waals surface area contributed by atoms with E-state index >= 15 is 0 Å². The van der Waals surface area contributed by atoms with Crippen LogP contribution in [0.5, 0.6) is 0 Å². The van der Waals surface area contributed by atoms with Crippen LogP contribution in [0.4, 0.5) is 0 Å². The molecule has 0 spiro atoms. The van der Waals surface area contributed by atoms with Gasteiger partial charge in [-0.05, 0) is 38.1 Å². The third kappa shape index (κ3) is 2.16. The number of hydrogen-bond acceptors (Lipinski definition) is 2. The highest BCUT2D eigenvalue weighted by Gasteiger charge is 2.36. The molecule has 4 heteroatoms. The molecule has 0 bridgehead atoms. The molecule has 0 aliphatic carbocycles. The predicted molar refractivity (Wildman–Crippen MR) is 81.1 cm³/mol. The van der Waals surface area contributed by atoms with Crippen LogP contribution >= 0.6 is 11.6 Å². The van der Waals surface area contributed by atoms with Gasteiger partial charge in [0, 0.05) is 17.5 Å². The summed E-state index contributed by atoms with van der Waals surface area (Å²) in [6, 6.07) is 9.55. The van der Waals surface area contributed by atoms with E-state index in [-0.39, 0.29) is 11.4 Å². The summed E-state index contributed by atoms with van der Waals surface area (Å²) in [7, 11) is 0. The number of likely N-dealkylation sites (tertiary alicyclic amines) is 1. The van der Waals surface area contributed by atoms with Crippen LogP contribution in [0.25, 0.3) is 10.8 Å². The molecule has 20 heavy (non-hydrogen) atoms. The molecule has 1 aromatic heterocycles. The molecule has 0 N–H and O–H groups in total. The monoisotopic (exact) mass is 288 g/mol. The molecule has 1 amide bonds. The van der Waals surface area contributed by atoms with Crippen LogP contribution in [0.15, 0.2) is 30.3 Å². The van der Waals surface area contributed by atoms with Crippen LogP contribution in [0.3, 0.4) is 0 Å². The highest BCUT2D eigenvalue weighted by atomic mass is 35.5. The van der Waals surface area contributed by atoms with Gasteiger partial charge in [-0.25, -0.2) is 4.98 Å². The van der Waals surface area contributed by atoms with E-state index in [0.717, 1.165) is 30.2 Å². The Bertz CT molecular complexity index is 681. The van der Waals surface area contributed by atoms with Crippen molar-refractivity contribution in [1.82, 2.24) is 9.88 Å². The molecule has 3 rings (SSSR count). The third-order valence-electron chi connectivity index (χ3n) is 4.06. The average molecular weight is 289 g/mol. The Hall–Kier alpha value is -1.61. The Morgan fingerprint density at radius 3 is 2.80 bits per heavy atom. The second-order valence-corrected chi connectivity index (χ2v) is 6.25. The summed E-state index contributed by atoms with van der Waals surface area (Å²) in [6.45, 7) is 4.99. The highest BCUT2D eigenvalue weighted by Crippen LogP contribution is 2.30. The molecule has 1 aliphatic rings. The molecule has 0 unspecified atom stereocenters. The van der Waals surface area contributed by atoms with Gasteiger partial charge in [0.05, 0.1) is 0 Å². The lowest BCUT2D eigenvalue weighted by molar-refractivity contribution is 0.0646. The van der Waals surface area contributed by atoms with E-state index in [9.17, 15) is 4.79 Å². The number of hydrogen-bond donors (Lipinski definition) is 0. The summed E-state index contributed by atoms with van der Waals surface area (Å²) in [5.41, 5.74) is 0.334. The van der Waals surface area contributed by atoms with Crippen molar-refractivity contribution in [3.63, 3.8) is 0 Å². The Kier molecular flexibility index (Phi) is 3.17. The molecule has 1 aromatic carbocycles. The number of halogens is 1. The van der Waals surface area contributed by atoms with Crippen LogP contribution in [-0.2, 0) is 0 Å². The van der Waals surface area contributed by atoms with Crippen molar-refractivity contribution < 1.29 is 4.79 Å². The molecular weight excluding hydrogens is 272 g/mol. The number of aromatic nitrogens is 1. The number of nitrogens with zero attached hydrogens (tertiary/aromatic N) is 2. The smallest absolute Gasteiger partial charge is 0.272 e. The van der Waals surface area contributed by atoms with Crippen molar-refractivity contribution in [1.29, 1.82) is 0 Å². The van der Waals surface area contributed by atoms with Gasteiger partial charge in [-0.1, -0.05) is 35.9 Å². The van der Waals surface area contributed by atoms with Crippen LogP contribution in [0.1, 0.15) is 37.2 Å². The third-order valence-corrected chi connectivity index (χ3v) is 4.35. The van der Waals surface area contributed by atoms with Crippen LogP contribution in [0.2, 0.25) is 5.15 Å². The summed E-state index contributed by atoms with van der Waals surface area (Å²) in [5, 5.41) is 2.22. The van der Waals surface area contributed by atoms with Gasteiger partial charge in [-0.2, -0.15) is 0 Å². The predicted octanol–water partition coefficient (Wildman–Crippen LogP) is 3.90. The summed E-state index contributed by atoms with van der Waals surface area (Å²) in [6.07, 6.45) is 2.07. The highest BCUT2D eigenvalue weighted by molar-refractivity contribution is 6.34. The largest absolute Gasteiger partial charge is 0.332 e. The lowest BCUT2D eigenvalue weighted by Crippen LogP contribution is -2.42. The van der Waals surface area contributed by atoms with Crippen molar-refractivity contribution >= 4 is 28.3 Å². The Balaban J connectivity index is 2.04. The van der Waals surface area contributed by atoms with Gasteiger partial charge in [0.15, 0.2) is 0 Å². The summed E-state index contributed by atoms with van der Waals surface area (Å²) >= 11 is 6.20. The fraction of sp³-hybridized carbons (Fsp3) is 0.375. The van der Waals surface area contributed by atoms with Crippen LogP contribution in [-0.4, -0.2) is 27.9 Å². The number of pyridine rings is 1. The summed E-state index contributed by atoms with van der Waals surface area (Å²) in [4.78, 5) is 18.9. The molecule has 3 nitrogen and oxygen atoms in total. The minimum atomic E-state index is -0.100. The maximum Gasteiger partial charge on any atom is 0.272 e. The van der Waals surface area contributed by atoms with Crippen LogP contribution in [0, 0.1) is 0 Å². The van der Waals surface area contributed by atoms with E-state index < -0.39 is 0 Å². The molecule has 104 valence electrons. The quantitative estimate of drug-likeness (QED) is 0.746. The average Bonchev–Trinajstić information content (AvgIpc) is 2.77. The van der Waals surface area contributed by atoms with Gasteiger partial charge in [0.1, 0.15) is 10.8 Å².